The van der Waals surface area contributed by atoms with E-state index in [2.05, 4.69) is 84.0 Å². The van der Waals surface area contributed by atoms with Crippen molar-refractivity contribution in [3.05, 3.63) is 59.2 Å². The first-order chi connectivity index (χ1) is 13.9. The summed E-state index contributed by atoms with van der Waals surface area (Å²) >= 11 is 0. The zero-order valence-electron chi connectivity index (χ0n) is 19.3. The first-order valence-corrected chi connectivity index (χ1v) is 11.8. The molecule has 3 aromatic carbocycles. The monoisotopic (exact) mass is 386 g/mol. The van der Waals surface area contributed by atoms with Crippen molar-refractivity contribution in [1.29, 1.82) is 0 Å². The number of benzene rings is 3. The third-order valence-corrected chi connectivity index (χ3v) is 8.40. The van der Waals surface area contributed by atoms with E-state index in [0.717, 1.165) is 17.8 Å². The molecule has 3 aromatic rings. The van der Waals surface area contributed by atoms with Crippen LogP contribution < -0.4 is 0 Å². The minimum absolute atomic E-state index is 0.319. The Kier molecular flexibility index (Phi) is 5.49. The van der Waals surface area contributed by atoms with E-state index in [1.54, 1.807) is 11.1 Å². The van der Waals surface area contributed by atoms with Gasteiger partial charge in [-0.1, -0.05) is 83.5 Å². The largest absolute Gasteiger partial charge is 0.0651 e. The van der Waals surface area contributed by atoms with Crippen LogP contribution in [0.2, 0.25) is 0 Å². The van der Waals surface area contributed by atoms with E-state index < -0.39 is 0 Å². The predicted octanol–water partition coefficient (Wildman–Crippen LogP) is 8.60. The van der Waals surface area contributed by atoms with Gasteiger partial charge >= 0.3 is 0 Å². The van der Waals surface area contributed by atoms with Gasteiger partial charge in [-0.2, -0.15) is 0 Å². The van der Waals surface area contributed by atoms with Crippen LogP contribution in [0.4, 0.5) is 0 Å². The van der Waals surface area contributed by atoms with Crippen LogP contribution in [-0.4, -0.2) is 0 Å². The highest BCUT2D eigenvalue weighted by Gasteiger charge is 2.39. The second-order valence-corrected chi connectivity index (χ2v) is 10.2. The molecule has 0 heteroatoms. The molecule has 0 saturated heterocycles. The molecule has 0 aromatic heterocycles. The van der Waals surface area contributed by atoms with Crippen LogP contribution in [0.5, 0.6) is 0 Å². The molecule has 1 aliphatic rings. The molecule has 0 spiro atoms. The lowest BCUT2D eigenvalue weighted by Crippen LogP contribution is -2.28. The average Bonchev–Trinajstić information content (AvgIpc) is 3.06. The van der Waals surface area contributed by atoms with Crippen LogP contribution in [0.25, 0.3) is 21.5 Å². The van der Waals surface area contributed by atoms with Gasteiger partial charge in [0.25, 0.3) is 0 Å². The van der Waals surface area contributed by atoms with Gasteiger partial charge in [0.15, 0.2) is 0 Å². The van der Waals surface area contributed by atoms with Crippen molar-refractivity contribution in [3.63, 3.8) is 0 Å². The molecule has 154 valence electrons. The summed E-state index contributed by atoms with van der Waals surface area (Å²) in [6.07, 6.45) is 6.56. The van der Waals surface area contributed by atoms with Crippen molar-refractivity contribution in [2.45, 2.75) is 79.1 Å². The topological polar surface area (TPSA) is 0 Å². The second kappa shape index (κ2) is 7.78. The molecule has 0 fully saturated rings. The minimum Gasteiger partial charge on any atom is -0.0651 e. The van der Waals surface area contributed by atoms with E-state index in [4.69, 9.17) is 0 Å². The Morgan fingerprint density at radius 1 is 0.931 bits per heavy atom. The number of hydrogen-bond donors (Lipinski definition) is 0. The quantitative estimate of drug-likeness (QED) is 0.372. The summed E-state index contributed by atoms with van der Waals surface area (Å²) in [6, 6.07) is 16.3. The first-order valence-electron chi connectivity index (χ1n) is 11.8. The summed E-state index contributed by atoms with van der Waals surface area (Å²) in [5.41, 5.74) is 4.96. The summed E-state index contributed by atoms with van der Waals surface area (Å²) < 4.78 is 0. The summed E-state index contributed by atoms with van der Waals surface area (Å²) in [7, 11) is 0. The standard InChI is InChI=1S/C29H38/c1-7-22(19(2)3)12-11-21(5)29(6)18-17-25-24-14-13-23-10-8-9-20(4)28(23)26(24)15-16-27(25)29/h8-10,13-16,19,21-22H,7,11-12,17-18H2,1-6H3. The second-order valence-electron chi connectivity index (χ2n) is 10.2. The van der Waals surface area contributed by atoms with Crippen LogP contribution in [0.15, 0.2) is 42.5 Å². The maximum atomic E-state index is 2.54. The lowest BCUT2D eigenvalue weighted by Gasteiger charge is -2.34. The third kappa shape index (κ3) is 3.39. The van der Waals surface area contributed by atoms with Gasteiger partial charge in [-0.05, 0) is 94.0 Å². The molecule has 0 saturated carbocycles. The Morgan fingerprint density at radius 3 is 2.41 bits per heavy atom. The molecular formula is C29H38. The maximum absolute atomic E-state index is 2.54. The number of rotatable bonds is 6. The van der Waals surface area contributed by atoms with Crippen molar-refractivity contribution in [2.24, 2.45) is 17.8 Å². The van der Waals surface area contributed by atoms with E-state index in [1.165, 1.54) is 59.2 Å². The Bertz CT molecular complexity index is 1030. The van der Waals surface area contributed by atoms with Gasteiger partial charge in [0, 0.05) is 0 Å². The Morgan fingerprint density at radius 2 is 1.69 bits per heavy atom. The molecule has 29 heavy (non-hydrogen) atoms. The van der Waals surface area contributed by atoms with E-state index in [0.29, 0.717) is 5.41 Å². The molecule has 1 aliphatic carbocycles. The van der Waals surface area contributed by atoms with Crippen LogP contribution in [-0.2, 0) is 11.8 Å². The molecule has 0 nitrogen and oxygen atoms in total. The van der Waals surface area contributed by atoms with E-state index in [9.17, 15) is 0 Å². The summed E-state index contributed by atoms with van der Waals surface area (Å²) in [5.74, 6) is 2.40. The smallest absolute Gasteiger partial charge is 0.00435 e. The fraction of sp³-hybridized carbons (Fsp3) is 0.517. The molecule has 0 N–H and O–H groups in total. The van der Waals surface area contributed by atoms with Gasteiger partial charge in [0.1, 0.15) is 0 Å². The molecule has 0 aliphatic heterocycles. The van der Waals surface area contributed by atoms with Gasteiger partial charge in [0.05, 0.1) is 0 Å². The lowest BCUT2D eigenvalue weighted by atomic mass is 9.70. The van der Waals surface area contributed by atoms with Gasteiger partial charge in [-0.15, -0.1) is 0 Å². The molecule has 3 unspecified atom stereocenters. The predicted molar refractivity (Wildman–Crippen MR) is 129 cm³/mol. The Labute approximate surface area is 177 Å². The SMILES string of the molecule is CCC(CCC(C)C1(C)CCc2c1ccc1c2ccc2cccc(C)c21)C(C)C. The molecule has 0 heterocycles. The Balaban J connectivity index is 1.71. The van der Waals surface area contributed by atoms with Crippen molar-refractivity contribution >= 4 is 21.5 Å². The van der Waals surface area contributed by atoms with Gasteiger partial charge < -0.3 is 0 Å². The minimum atomic E-state index is 0.319. The van der Waals surface area contributed by atoms with Crippen LogP contribution in [0, 0.1) is 24.7 Å². The lowest BCUT2D eigenvalue weighted by molar-refractivity contribution is 0.249. The molecular weight excluding hydrogens is 348 g/mol. The van der Waals surface area contributed by atoms with Crippen molar-refractivity contribution < 1.29 is 0 Å². The van der Waals surface area contributed by atoms with Crippen LogP contribution in [0.3, 0.4) is 0 Å². The third-order valence-electron chi connectivity index (χ3n) is 8.40. The number of hydrogen-bond acceptors (Lipinski definition) is 0. The van der Waals surface area contributed by atoms with Crippen LogP contribution in [0.1, 0.15) is 77.0 Å². The van der Waals surface area contributed by atoms with Crippen LogP contribution >= 0.6 is 0 Å². The number of aryl methyl sites for hydroxylation is 2. The summed E-state index contributed by atoms with van der Waals surface area (Å²) in [6.45, 7) is 14.4. The van der Waals surface area contributed by atoms with Gasteiger partial charge in [-0.25, -0.2) is 0 Å². The van der Waals surface area contributed by atoms with Crippen molar-refractivity contribution in [3.8, 4) is 0 Å². The Hall–Kier alpha value is -1.82. The molecule has 3 atom stereocenters. The van der Waals surface area contributed by atoms with Crippen molar-refractivity contribution in [2.75, 3.05) is 0 Å². The average molecular weight is 387 g/mol. The first kappa shape index (κ1) is 20.5. The maximum Gasteiger partial charge on any atom is -0.00435 e. The highest BCUT2D eigenvalue weighted by molar-refractivity contribution is 6.10. The normalized spacial score (nSPS) is 21.1. The van der Waals surface area contributed by atoms with Gasteiger partial charge in [0.2, 0.25) is 0 Å². The van der Waals surface area contributed by atoms with E-state index >= 15 is 0 Å². The fourth-order valence-corrected chi connectivity index (χ4v) is 6.07. The molecule has 0 amide bonds. The summed E-state index contributed by atoms with van der Waals surface area (Å²) in [5, 5.41) is 5.75. The van der Waals surface area contributed by atoms with E-state index in [-0.39, 0.29) is 0 Å². The molecule has 0 bridgehead atoms. The zero-order chi connectivity index (χ0) is 20.8. The van der Waals surface area contributed by atoms with Gasteiger partial charge in [-0.3, -0.25) is 0 Å². The highest BCUT2D eigenvalue weighted by Crippen LogP contribution is 2.48. The van der Waals surface area contributed by atoms with E-state index in [1.807, 2.05) is 0 Å². The molecule has 4 rings (SSSR count). The molecule has 0 radical (unpaired) electrons. The van der Waals surface area contributed by atoms with Crippen molar-refractivity contribution in [1.82, 2.24) is 0 Å². The number of fused-ring (bicyclic) bond motifs is 5. The zero-order valence-corrected chi connectivity index (χ0v) is 19.3. The summed E-state index contributed by atoms with van der Waals surface area (Å²) in [4.78, 5) is 0. The highest BCUT2D eigenvalue weighted by atomic mass is 14.4. The fourth-order valence-electron chi connectivity index (χ4n) is 6.07.